The van der Waals surface area contributed by atoms with Gasteiger partial charge in [0, 0.05) is 0 Å². The lowest BCUT2D eigenvalue weighted by atomic mass is 9.72. The third-order valence-corrected chi connectivity index (χ3v) is 12.6. The third kappa shape index (κ3) is 7.39. The van der Waals surface area contributed by atoms with Crippen molar-refractivity contribution < 1.29 is 0 Å². The molecule has 0 fully saturated rings. The quantitative estimate of drug-likeness (QED) is 0.153. The Hall–Kier alpha value is -5.20. The molecule has 6 aromatic carbocycles. The van der Waals surface area contributed by atoms with E-state index in [9.17, 15) is 0 Å². The van der Waals surface area contributed by atoms with Crippen molar-refractivity contribution in [3.8, 4) is 33.4 Å². The minimum Gasteiger partial charge on any atom is -0.0985 e. The highest BCUT2D eigenvalue weighted by Gasteiger charge is 2.31. The molecule has 0 heterocycles. The molecule has 282 valence electrons. The summed E-state index contributed by atoms with van der Waals surface area (Å²) in [7, 11) is 0. The summed E-state index contributed by atoms with van der Waals surface area (Å²) < 4.78 is 0. The fourth-order valence-corrected chi connectivity index (χ4v) is 9.98. The minimum atomic E-state index is -0.0541. The number of benzene rings is 6. The van der Waals surface area contributed by atoms with E-state index in [4.69, 9.17) is 0 Å². The van der Waals surface area contributed by atoms with Gasteiger partial charge in [-0.05, 0) is 162 Å². The van der Waals surface area contributed by atoms with Gasteiger partial charge in [0.25, 0.3) is 0 Å². The minimum absolute atomic E-state index is 0.0541. The molecule has 0 spiro atoms. The molecule has 56 heavy (non-hydrogen) atoms. The van der Waals surface area contributed by atoms with Crippen molar-refractivity contribution in [2.75, 3.05) is 0 Å². The summed E-state index contributed by atoms with van der Waals surface area (Å²) in [5, 5.41) is 0. The van der Waals surface area contributed by atoms with Crippen LogP contribution in [0.5, 0.6) is 0 Å². The summed E-state index contributed by atoms with van der Waals surface area (Å²) in [6.45, 7) is 23.0. The maximum atomic E-state index is 4.34. The van der Waals surface area contributed by atoms with E-state index < -0.39 is 0 Å². The van der Waals surface area contributed by atoms with E-state index in [0.29, 0.717) is 11.8 Å². The molecular formula is C56H58. The highest BCUT2D eigenvalue weighted by molar-refractivity contribution is 5.80. The van der Waals surface area contributed by atoms with E-state index in [1.807, 2.05) is 0 Å². The van der Waals surface area contributed by atoms with Crippen molar-refractivity contribution in [3.63, 3.8) is 0 Å². The molecule has 0 aliphatic heterocycles. The average molecular weight is 731 g/mol. The Morgan fingerprint density at radius 3 is 0.982 bits per heavy atom. The smallest absolute Gasteiger partial charge is 0.0129 e. The second-order valence-electron chi connectivity index (χ2n) is 18.7. The molecule has 0 N–H and O–H groups in total. The molecule has 0 unspecified atom stereocenters. The van der Waals surface area contributed by atoms with Crippen LogP contribution in [0.15, 0.2) is 134 Å². The van der Waals surface area contributed by atoms with Gasteiger partial charge in [-0.2, -0.15) is 0 Å². The highest BCUT2D eigenvalue weighted by atomic mass is 14.4. The van der Waals surface area contributed by atoms with Crippen LogP contribution in [0.1, 0.15) is 97.2 Å². The number of hydrogen-bond donors (Lipinski definition) is 0. The van der Waals surface area contributed by atoms with Crippen LogP contribution in [-0.2, 0) is 49.4 Å². The first-order chi connectivity index (χ1) is 26.9. The molecular weight excluding hydrogens is 673 g/mol. The first-order valence-electron chi connectivity index (χ1n) is 20.8. The third-order valence-electron chi connectivity index (χ3n) is 12.6. The maximum Gasteiger partial charge on any atom is -0.0129 e. The predicted octanol–water partition coefficient (Wildman–Crippen LogP) is 14.5. The van der Waals surface area contributed by atoms with E-state index in [1.54, 1.807) is 0 Å². The molecule has 2 aliphatic carbocycles. The molecule has 0 saturated heterocycles. The molecule has 0 atom stereocenters. The van der Waals surface area contributed by atoms with E-state index in [-0.39, 0.29) is 10.8 Å². The molecule has 8 rings (SSSR count). The average Bonchev–Trinajstić information content (AvgIpc) is 3.44. The van der Waals surface area contributed by atoms with Crippen LogP contribution in [0.3, 0.4) is 0 Å². The first kappa shape index (κ1) is 37.7. The maximum absolute atomic E-state index is 4.34. The first-order valence-corrected chi connectivity index (χ1v) is 20.8. The molecule has 0 saturated carbocycles. The molecule has 0 radical (unpaired) electrons. The fourth-order valence-electron chi connectivity index (χ4n) is 9.98. The number of rotatable bonds is 7. The Bertz CT molecular complexity index is 2170. The Labute approximate surface area is 337 Å². The molecule has 2 aliphatic rings. The van der Waals surface area contributed by atoms with Crippen LogP contribution in [0.2, 0.25) is 0 Å². The Kier molecular flexibility index (Phi) is 10.1. The van der Waals surface area contributed by atoms with Gasteiger partial charge in [0.15, 0.2) is 0 Å². The van der Waals surface area contributed by atoms with E-state index in [2.05, 4.69) is 188 Å². The van der Waals surface area contributed by atoms with Crippen LogP contribution in [-0.4, -0.2) is 0 Å². The molecule has 0 bridgehead atoms. The number of hydrogen-bond acceptors (Lipinski definition) is 0. The topological polar surface area (TPSA) is 0 Å². The zero-order valence-electron chi connectivity index (χ0n) is 34.5. The van der Waals surface area contributed by atoms with Gasteiger partial charge in [0.1, 0.15) is 0 Å². The van der Waals surface area contributed by atoms with Crippen molar-refractivity contribution in [2.24, 2.45) is 11.8 Å². The molecule has 0 heteroatoms. The van der Waals surface area contributed by atoms with Crippen molar-refractivity contribution in [1.82, 2.24) is 0 Å². The summed E-state index contributed by atoms with van der Waals surface area (Å²) in [5.74, 6) is 0.912. The van der Waals surface area contributed by atoms with Crippen molar-refractivity contribution in [1.29, 1.82) is 0 Å². The van der Waals surface area contributed by atoms with Gasteiger partial charge in [-0.25, -0.2) is 0 Å². The standard InChI is InChI=1S/C56H58/c1-9-37-31-49(51(53(35-37)55(3,4)5)33-39-27-41-19-11-15-23-45(41)46-24-16-12-20-42(46)28-39)50-32-38(10-2)36-54(56(6,7)8)52(50)34-40-29-43-21-13-17-25-47(43)48-26-18-14-22-44(48)30-40/h9-26,31-32,35-36,39-40H,1-2,27-30,33-34H2,3-8H3. The van der Waals surface area contributed by atoms with Crippen molar-refractivity contribution >= 4 is 12.2 Å². The molecule has 0 amide bonds. The second-order valence-corrected chi connectivity index (χ2v) is 18.7. The largest absolute Gasteiger partial charge is 0.0985 e. The van der Waals surface area contributed by atoms with Crippen molar-refractivity contribution in [2.45, 2.75) is 90.9 Å². The van der Waals surface area contributed by atoms with Crippen LogP contribution < -0.4 is 0 Å². The van der Waals surface area contributed by atoms with Crippen LogP contribution in [0, 0.1) is 11.8 Å². The van der Waals surface area contributed by atoms with Gasteiger partial charge in [0.05, 0.1) is 0 Å². The van der Waals surface area contributed by atoms with Crippen molar-refractivity contribution in [3.05, 3.63) is 190 Å². The van der Waals surface area contributed by atoms with Gasteiger partial charge >= 0.3 is 0 Å². The summed E-state index contributed by atoms with van der Waals surface area (Å²) >= 11 is 0. The van der Waals surface area contributed by atoms with Crippen LogP contribution >= 0.6 is 0 Å². The summed E-state index contributed by atoms with van der Waals surface area (Å²) in [6.07, 6.45) is 10.4. The lowest BCUT2D eigenvalue weighted by molar-refractivity contribution is 0.506. The van der Waals surface area contributed by atoms with E-state index in [1.165, 1.54) is 89.0 Å². The second kappa shape index (κ2) is 15.0. The van der Waals surface area contributed by atoms with Gasteiger partial charge in [0.2, 0.25) is 0 Å². The molecule has 0 aromatic heterocycles. The fraction of sp³-hybridized carbons (Fsp3) is 0.286. The lowest BCUT2D eigenvalue weighted by Gasteiger charge is -2.32. The Morgan fingerprint density at radius 2 is 0.714 bits per heavy atom. The Balaban J connectivity index is 1.33. The normalized spacial score (nSPS) is 14.5. The zero-order chi connectivity index (χ0) is 39.2. The van der Waals surface area contributed by atoms with Crippen LogP contribution in [0.4, 0.5) is 0 Å². The zero-order valence-corrected chi connectivity index (χ0v) is 34.5. The highest BCUT2D eigenvalue weighted by Crippen LogP contribution is 2.45. The lowest BCUT2D eigenvalue weighted by Crippen LogP contribution is -2.21. The van der Waals surface area contributed by atoms with Gasteiger partial charge in [-0.3, -0.25) is 0 Å². The Morgan fingerprint density at radius 1 is 0.429 bits per heavy atom. The SMILES string of the molecule is C=Cc1cc(-c2cc(C=C)cc(C(C)(C)C)c2CC2Cc3ccccc3-c3ccccc3C2)c(CC2Cc3ccccc3-c3ccccc3C2)c(C(C)(C)C)c1. The van der Waals surface area contributed by atoms with Crippen LogP contribution in [0.25, 0.3) is 45.5 Å². The summed E-state index contributed by atoms with van der Waals surface area (Å²) in [5.41, 5.74) is 22.3. The van der Waals surface area contributed by atoms with Gasteiger partial charge in [-0.1, -0.05) is 176 Å². The van der Waals surface area contributed by atoms with E-state index in [0.717, 1.165) is 38.5 Å². The van der Waals surface area contributed by atoms with E-state index >= 15 is 0 Å². The summed E-state index contributed by atoms with van der Waals surface area (Å²) in [4.78, 5) is 0. The predicted molar refractivity (Wildman–Crippen MR) is 242 cm³/mol. The summed E-state index contributed by atoms with van der Waals surface area (Å²) in [6, 6.07) is 46.2. The monoisotopic (exact) mass is 730 g/mol. The van der Waals surface area contributed by atoms with Gasteiger partial charge in [-0.15, -0.1) is 0 Å². The number of fused-ring (bicyclic) bond motifs is 6. The molecule has 0 nitrogen and oxygen atoms in total. The molecule has 6 aromatic rings. The van der Waals surface area contributed by atoms with Gasteiger partial charge < -0.3 is 0 Å².